The maximum Gasteiger partial charge on any atom is 0.338 e. The van der Waals surface area contributed by atoms with Gasteiger partial charge in [0.25, 0.3) is 0 Å². The number of pyridine rings is 1. The molecule has 1 aromatic heterocycles. The summed E-state index contributed by atoms with van der Waals surface area (Å²) in [6.45, 7) is 5.69. The van der Waals surface area contributed by atoms with Gasteiger partial charge in [-0.2, -0.15) is 0 Å². The number of rotatable bonds is 4. The van der Waals surface area contributed by atoms with Crippen LogP contribution in [-0.2, 0) is 0 Å². The molecular weight excluding hydrogens is 274 g/mol. The van der Waals surface area contributed by atoms with Crippen molar-refractivity contribution in [2.45, 2.75) is 32.5 Å². The second-order valence-corrected chi connectivity index (χ2v) is 5.46. The van der Waals surface area contributed by atoms with E-state index in [1.165, 1.54) is 19.4 Å². The van der Waals surface area contributed by atoms with Crippen molar-refractivity contribution >= 4 is 11.8 Å². The third-order valence-electron chi connectivity index (χ3n) is 3.90. The van der Waals surface area contributed by atoms with Gasteiger partial charge in [0.1, 0.15) is 17.0 Å². The molecule has 2 unspecified atom stereocenters. The van der Waals surface area contributed by atoms with Gasteiger partial charge in [-0.15, -0.1) is 0 Å². The van der Waals surface area contributed by atoms with Gasteiger partial charge in [0.05, 0.1) is 18.9 Å². The first-order valence-corrected chi connectivity index (χ1v) is 6.61. The minimum atomic E-state index is -1.13. The van der Waals surface area contributed by atoms with Gasteiger partial charge in [-0.3, -0.25) is 4.99 Å². The Kier molecular flexibility index (Phi) is 3.87. The summed E-state index contributed by atoms with van der Waals surface area (Å²) in [6.07, 6.45) is 0.529. The molecule has 0 spiro atoms. The second kappa shape index (κ2) is 5.33. The van der Waals surface area contributed by atoms with Gasteiger partial charge >= 0.3 is 5.97 Å². The molecule has 0 bridgehead atoms. The average Bonchev–Trinajstić information content (AvgIpc) is 2.75. The standard InChI is InChI=1S/C14H19N3O4/c1-7(2)14(3)13(20)16-11(17-14)10-9(12(18)19)5-8(21-4)6-15-10/h5-7,13,20H,1-4H3,(H,16,17)(H,18,19). The molecule has 0 radical (unpaired) electrons. The fourth-order valence-corrected chi connectivity index (χ4v) is 2.09. The maximum atomic E-state index is 11.4. The Bertz CT molecular complexity index is 600. The molecule has 2 rings (SSSR count). The lowest BCUT2D eigenvalue weighted by atomic mass is 9.88. The molecule has 2 atom stereocenters. The lowest BCUT2D eigenvalue weighted by Crippen LogP contribution is -2.45. The van der Waals surface area contributed by atoms with E-state index in [1.807, 2.05) is 20.8 Å². The second-order valence-electron chi connectivity index (χ2n) is 5.46. The van der Waals surface area contributed by atoms with E-state index in [4.69, 9.17) is 4.74 Å². The monoisotopic (exact) mass is 293 g/mol. The van der Waals surface area contributed by atoms with Crippen molar-refractivity contribution in [3.05, 3.63) is 23.5 Å². The Labute approximate surface area is 122 Å². The number of carboxylic acids is 1. The van der Waals surface area contributed by atoms with Crippen molar-refractivity contribution in [1.29, 1.82) is 0 Å². The molecule has 0 saturated heterocycles. The van der Waals surface area contributed by atoms with Crippen LogP contribution in [0.2, 0.25) is 0 Å². The number of aliphatic hydroxyl groups excluding tert-OH is 1. The number of aliphatic imine (C=N–C) groups is 1. The maximum absolute atomic E-state index is 11.4. The van der Waals surface area contributed by atoms with Gasteiger partial charge in [-0.25, -0.2) is 9.78 Å². The van der Waals surface area contributed by atoms with Crippen molar-refractivity contribution in [2.24, 2.45) is 10.9 Å². The first kappa shape index (κ1) is 15.2. The number of carbonyl (C=O) groups is 1. The fourth-order valence-electron chi connectivity index (χ4n) is 2.09. The molecule has 0 saturated carbocycles. The normalized spacial score (nSPS) is 24.7. The first-order chi connectivity index (χ1) is 9.79. The summed E-state index contributed by atoms with van der Waals surface area (Å²) in [4.78, 5) is 19.9. The Morgan fingerprint density at radius 1 is 1.52 bits per heavy atom. The number of nitrogens with zero attached hydrogens (tertiary/aromatic N) is 2. The van der Waals surface area contributed by atoms with E-state index < -0.39 is 17.7 Å². The highest BCUT2D eigenvalue weighted by molar-refractivity contribution is 6.07. The molecule has 1 aromatic rings. The summed E-state index contributed by atoms with van der Waals surface area (Å²) >= 11 is 0. The van der Waals surface area contributed by atoms with E-state index in [0.29, 0.717) is 5.75 Å². The summed E-state index contributed by atoms with van der Waals surface area (Å²) in [6, 6.07) is 1.38. The predicted molar refractivity (Wildman–Crippen MR) is 76.7 cm³/mol. The van der Waals surface area contributed by atoms with Crippen LogP contribution in [0.15, 0.2) is 17.3 Å². The van der Waals surface area contributed by atoms with Gasteiger partial charge in [0.2, 0.25) is 0 Å². The van der Waals surface area contributed by atoms with Crippen LogP contribution in [0, 0.1) is 5.92 Å². The van der Waals surface area contributed by atoms with Crippen LogP contribution < -0.4 is 10.1 Å². The molecule has 21 heavy (non-hydrogen) atoms. The molecule has 2 heterocycles. The van der Waals surface area contributed by atoms with Crippen molar-refractivity contribution in [2.75, 3.05) is 7.11 Å². The molecule has 1 aliphatic heterocycles. The Morgan fingerprint density at radius 2 is 2.19 bits per heavy atom. The van der Waals surface area contributed by atoms with E-state index in [1.54, 1.807) is 0 Å². The van der Waals surface area contributed by atoms with Crippen molar-refractivity contribution in [3.63, 3.8) is 0 Å². The lowest BCUT2D eigenvalue weighted by molar-refractivity contribution is 0.0689. The number of aromatic nitrogens is 1. The van der Waals surface area contributed by atoms with Gasteiger partial charge in [-0.05, 0) is 18.9 Å². The summed E-state index contributed by atoms with van der Waals surface area (Å²) in [5.41, 5.74) is -0.570. The minimum absolute atomic E-state index is 0.0270. The molecule has 3 N–H and O–H groups in total. The average molecular weight is 293 g/mol. The molecule has 0 amide bonds. The number of aliphatic hydroxyl groups is 1. The molecule has 0 aromatic carbocycles. The van der Waals surface area contributed by atoms with Crippen LogP contribution in [0.4, 0.5) is 0 Å². The largest absolute Gasteiger partial charge is 0.495 e. The third kappa shape index (κ3) is 2.56. The molecule has 1 aliphatic rings. The van der Waals surface area contributed by atoms with Crippen LogP contribution in [0.5, 0.6) is 5.75 Å². The fraction of sp³-hybridized carbons (Fsp3) is 0.500. The minimum Gasteiger partial charge on any atom is -0.495 e. The highest BCUT2D eigenvalue weighted by atomic mass is 16.5. The number of carboxylic acid groups (broad SMARTS) is 1. The summed E-state index contributed by atoms with van der Waals surface area (Å²) in [5.74, 6) is -0.432. The molecule has 7 heteroatoms. The summed E-state index contributed by atoms with van der Waals surface area (Å²) in [7, 11) is 1.44. The molecule has 114 valence electrons. The van der Waals surface area contributed by atoms with E-state index >= 15 is 0 Å². The number of nitrogens with one attached hydrogen (secondary N) is 1. The quantitative estimate of drug-likeness (QED) is 0.761. The zero-order valence-corrected chi connectivity index (χ0v) is 12.4. The Balaban J connectivity index is 2.51. The lowest BCUT2D eigenvalue weighted by Gasteiger charge is -2.28. The smallest absolute Gasteiger partial charge is 0.338 e. The summed E-state index contributed by atoms with van der Waals surface area (Å²) in [5, 5.41) is 22.3. The summed E-state index contributed by atoms with van der Waals surface area (Å²) < 4.78 is 4.99. The van der Waals surface area contributed by atoms with Crippen molar-refractivity contribution in [3.8, 4) is 5.75 Å². The molecule has 7 nitrogen and oxygen atoms in total. The predicted octanol–water partition coefficient (Wildman–Crippen LogP) is 0.871. The van der Waals surface area contributed by atoms with E-state index in [9.17, 15) is 15.0 Å². The highest BCUT2D eigenvalue weighted by Gasteiger charge is 2.42. The number of hydrogen-bond donors (Lipinski definition) is 3. The van der Waals surface area contributed by atoms with Crippen molar-refractivity contribution < 1.29 is 19.7 Å². The Morgan fingerprint density at radius 3 is 2.67 bits per heavy atom. The number of aromatic carboxylic acids is 1. The zero-order chi connectivity index (χ0) is 15.8. The van der Waals surface area contributed by atoms with E-state index in [-0.39, 0.29) is 23.0 Å². The van der Waals surface area contributed by atoms with E-state index in [2.05, 4.69) is 15.3 Å². The molecular formula is C14H19N3O4. The van der Waals surface area contributed by atoms with Gasteiger partial charge in [0, 0.05) is 0 Å². The highest BCUT2D eigenvalue weighted by Crippen LogP contribution is 2.30. The number of methoxy groups -OCH3 is 1. The zero-order valence-electron chi connectivity index (χ0n) is 12.4. The van der Waals surface area contributed by atoms with Crippen LogP contribution in [-0.4, -0.2) is 45.9 Å². The third-order valence-corrected chi connectivity index (χ3v) is 3.90. The number of amidine groups is 1. The topological polar surface area (TPSA) is 104 Å². The Hall–Kier alpha value is -2.15. The molecule has 0 fully saturated rings. The van der Waals surface area contributed by atoms with Crippen LogP contribution in [0.1, 0.15) is 36.8 Å². The number of ether oxygens (including phenoxy) is 1. The van der Waals surface area contributed by atoms with Gasteiger partial charge in [-0.1, -0.05) is 13.8 Å². The van der Waals surface area contributed by atoms with E-state index in [0.717, 1.165) is 0 Å². The molecule has 0 aliphatic carbocycles. The van der Waals surface area contributed by atoms with Crippen LogP contribution in [0.3, 0.4) is 0 Å². The first-order valence-electron chi connectivity index (χ1n) is 6.61. The SMILES string of the molecule is COc1cnc(C2=NC(C)(C(C)C)C(O)N2)c(C(=O)O)c1. The van der Waals surface area contributed by atoms with Gasteiger partial charge in [0.15, 0.2) is 12.1 Å². The van der Waals surface area contributed by atoms with Crippen LogP contribution >= 0.6 is 0 Å². The van der Waals surface area contributed by atoms with Crippen molar-refractivity contribution in [1.82, 2.24) is 10.3 Å². The van der Waals surface area contributed by atoms with Gasteiger partial charge < -0.3 is 20.3 Å². The number of hydrogen-bond acceptors (Lipinski definition) is 6. The van der Waals surface area contributed by atoms with Crippen LogP contribution in [0.25, 0.3) is 0 Å².